The fourth-order valence-corrected chi connectivity index (χ4v) is 3.02. The van der Waals surface area contributed by atoms with Gasteiger partial charge in [0.05, 0.1) is 6.10 Å². The molecular formula is C16H30IN3O3. The molecule has 1 atom stereocenters. The van der Waals surface area contributed by atoms with Crippen molar-refractivity contribution in [3.8, 4) is 0 Å². The van der Waals surface area contributed by atoms with Crippen LogP contribution in [0.3, 0.4) is 0 Å². The van der Waals surface area contributed by atoms with Gasteiger partial charge in [0, 0.05) is 32.6 Å². The maximum absolute atomic E-state index is 11.7. The largest absolute Gasteiger partial charge is 0.462 e. The van der Waals surface area contributed by atoms with Crippen molar-refractivity contribution in [3.05, 3.63) is 0 Å². The summed E-state index contributed by atoms with van der Waals surface area (Å²) in [7, 11) is 0. The van der Waals surface area contributed by atoms with Crippen molar-refractivity contribution < 1.29 is 14.6 Å². The Morgan fingerprint density at radius 2 is 2.09 bits per heavy atom. The molecule has 0 spiro atoms. The number of aliphatic hydroxyl groups excluding tert-OH is 1. The molecule has 2 aliphatic rings. The Labute approximate surface area is 156 Å². The Hall–Kier alpha value is -0.570. The minimum absolute atomic E-state index is 0. The number of aliphatic imine (C=N–C) groups is 1. The minimum Gasteiger partial charge on any atom is -0.462 e. The summed E-state index contributed by atoms with van der Waals surface area (Å²) in [6.07, 6.45) is 6.21. The van der Waals surface area contributed by atoms with Crippen LogP contribution < -0.4 is 5.32 Å². The predicted octanol–water partition coefficient (Wildman–Crippen LogP) is 1.90. The maximum atomic E-state index is 11.7. The Morgan fingerprint density at radius 3 is 2.70 bits per heavy atom. The van der Waals surface area contributed by atoms with Crippen LogP contribution in [0.5, 0.6) is 0 Å². The molecule has 134 valence electrons. The van der Waals surface area contributed by atoms with Crippen LogP contribution in [0.4, 0.5) is 0 Å². The summed E-state index contributed by atoms with van der Waals surface area (Å²) in [6, 6.07) is 0. The molecule has 0 aromatic heterocycles. The first kappa shape index (κ1) is 20.5. The van der Waals surface area contributed by atoms with Crippen LogP contribution in [0.15, 0.2) is 4.99 Å². The maximum Gasteiger partial charge on any atom is 0.306 e. The standard InChI is InChI=1S/C16H29N3O3.HI/c1-2-17-16(19-11-9-13(20)12-19)18-10-5-8-15(21)22-14-6-3-4-7-14;/h13-14,20H,2-12H2,1H3,(H,17,18);1H/t13-;/m1./s1. The number of β-amino-alcohol motifs (C(OH)–C–C–N with tert-alkyl or cyclic N) is 1. The Balaban J connectivity index is 0.00000264. The highest BCUT2D eigenvalue weighted by atomic mass is 127. The summed E-state index contributed by atoms with van der Waals surface area (Å²) in [6.45, 7) is 4.90. The van der Waals surface area contributed by atoms with Crippen LogP contribution >= 0.6 is 24.0 Å². The second kappa shape index (κ2) is 11.1. The van der Waals surface area contributed by atoms with Crippen molar-refractivity contribution in [2.24, 2.45) is 4.99 Å². The van der Waals surface area contributed by atoms with Crippen LogP contribution in [-0.2, 0) is 9.53 Å². The second-order valence-corrected chi connectivity index (χ2v) is 6.12. The summed E-state index contributed by atoms with van der Waals surface area (Å²) in [4.78, 5) is 18.4. The summed E-state index contributed by atoms with van der Waals surface area (Å²) >= 11 is 0. The van der Waals surface area contributed by atoms with Crippen molar-refractivity contribution in [3.63, 3.8) is 0 Å². The smallest absolute Gasteiger partial charge is 0.306 e. The topological polar surface area (TPSA) is 74.2 Å². The van der Waals surface area contributed by atoms with E-state index in [2.05, 4.69) is 15.2 Å². The molecule has 1 saturated heterocycles. The lowest BCUT2D eigenvalue weighted by Crippen LogP contribution is -2.40. The van der Waals surface area contributed by atoms with Crippen molar-refractivity contribution in [1.29, 1.82) is 0 Å². The van der Waals surface area contributed by atoms with Crippen molar-refractivity contribution in [2.75, 3.05) is 26.2 Å². The first-order valence-electron chi connectivity index (χ1n) is 8.60. The van der Waals surface area contributed by atoms with E-state index >= 15 is 0 Å². The van der Waals surface area contributed by atoms with Crippen LogP contribution in [0, 0.1) is 0 Å². The molecule has 1 heterocycles. The first-order chi connectivity index (χ1) is 10.7. The van der Waals surface area contributed by atoms with Crippen molar-refractivity contribution in [2.45, 2.75) is 64.1 Å². The highest BCUT2D eigenvalue weighted by Gasteiger charge is 2.23. The van der Waals surface area contributed by atoms with Gasteiger partial charge in [0.25, 0.3) is 0 Å². The minimum atomic E-state index is -0.259. The zero-order valence-corrected chi connectivity index (χ0v) is 16.3. The number of carbonyl (C=O) groups excluding carboxylic acids is 1. The van der Waals surface area contributed by atoms with Crippen LogP contribution in [-0.4, -0.2) is 60.3 Å². The molecule has 2 rings (SSSR count). The zero-order chi connectivity index (χ0) is 15.8. The number of nitrogens with one attached hydrogen (secondary N) is 1. The normalized spacial score (nSPS) is 22.1. The summed E-state index contributed by atoms with van der Waals surface area (Å²) < 4.78 is 5.43. The van der Waals surface area contributed by atoms with E-state index in [9.17, 15) is 9.90 Å². The van der Waals surface area contributed by atoms with E-state index in [4.69, 9.17) is 4.74 Å². The summed E-state index contributed by atoms with van der Waals surface area (Å²) in [5.74, 6) is 0.743. The lowest BCUT2D eigenvalue weighted by atomic mass is 10.3. The van der Waals surface area contributed by atoms with E-state index in [1.807, 2.05) is 6.92 Å². The zero-order valence-electron chi connectivity index (χ0n) is 14.0. The van der Waals surface area contributed by atoms with Gasteiger partial charge >= 0.3 is 5.97 Å². The molecule has 0 bridgehead atoms. The molecule has 2 fully saturated rings. The molecule has 1 aliphatic heterocycles. The Morgan fingerprint density at radius 1 is 1.35 bits per heavy atom. The van der Waals surface area contributed by atoms with Crippen LogP contribution in [0.25, 0.3) is 0 Å². The number of likely N-dealkylation sites (tertiary alicyclic amines) is 1. The van der Waals surface area contributed by atoms with Gasteiger partial charge in [-0.3, -0.25) is 9.79 Å². The number of hydrogen-bond acceptors (Lipinski definition) is 4. The lowest BCUT2D eigenvalue weighted by molar-refractivity contribution is -0.148. The molecule has 1 aliphatic carbocycles. The summed E-state index contributed by atoms with van der Waals surface area (Å²) in [5, 5.41) is 12.9. The van der Waals surface area contributed by atoms with E-state index in [1.165, 1.54) is 12.8 Å². The van der Waals surface area contributed by atoms with Gasteiger partial charge in [-0.15, -0.1) is 24.0 Å². The number of hydrogen-bond donors (Lipinski definition) is 2. The van der Waals surface area contributed by atoms with Gasteiger partial charge in [0.2, 0.25) is 0 Å². The fourth-order valence-electron chi connectivity index (χ4n) is 3.02. The average molecular weight is 439 g/mol. The second-order valence-electron chi connectivity index (χ2n) is 6.12. The van der Waals surface area contributed by atoms with Gasteiger partial charge in [0.15, 0.2) is 5.96 Å². The number of halogens is 1. The highest BCUT2D eigenvalue weighted by Crippen LogP contribution is 2.21. The van der Waals surface area contributed by atoms with Gasteiger partial charge in [-0.1, -0.05) is 0 Å². The average Bonchev–Trinajstić information content (AvgIpc) is 3.14. The molecule has 6 nitrogen and oxygen atoms in total. The SMILES string of the molecule is CCNC(=NCCCC(=O)OC1CCCC1)N1CC[C@@H](O)C1.I. The van der Waals surface area contributed by atoms with Gasteiger partial charge in [-0.25, -0.2) is 0 Å². The number of aliphatic hydroxyl groups is 1. The molecule has 0 amide bonds. The Bertz CT molecular complexity index is 387. The van der Waals surface area contributed by atoms with Crippen molar-refractivity contribution >= 4 is 35.9 Å². The number of nitrogens with zero attached hydrogens (tertiary/aromatic N) is 2. The molecule has 23 heavy (non-hydrogen) atoms. The molecule has 0 aromatic carbocycles. The van der Waals surface area contributed by atoms with Crippen LogP contribution in [0.1, 0.15) is 51.9 Å². The monoisotopic (exact) mass is 439 g/mol. The van der Waals surface area contributed by atoms with Crippen molar-refractivity contribution in [1.82, 2.24) is 10.2 Å². The van der Waals surface area contributed by atoms with E-state index in [-0.39, 0.29) is 42.2 Å². The van der Waals surface area contributed by atoms with Gasteiger partial charge in [-0.2, -0.15) is 0 Å². The molecule has 7 heteroatoms. The van der Waals surface area contributed by atoms with E-state index < -0.39 is 0 Å². The third kappa shape index (κ3) is 7.24. The van der Waals surface area contributed by atoms with E-state index in [0.717, 1.165) is 38.3 Å². The lowest BCUT2D eigenvalue weighted by Gasteiger charge is -2.20. The van der Waals surface area contributed by atoms with Crippen LogP contribution in [0.2, 0.25) is 0 Å². The first-order valence-corrected chi connectivity index (χ1v) is 8.60. The predicted molar refractivity (Wildman–Crippen MR) is 101 cm³/mol. The molecule has 0 radical (unpaired) electrons. The third-order valence-electron chi connectivity index (χ3n) is 4.20. The molecule has 2 N–H and O–H groups in total. The number of esters is 1. The molecule has 0 unspecified atom stereocenters. The fraction of sp³-hybridized carbons (Fsp3) is 0.875. The number of guanidine groups is 1. The molecular weight excluding hydrogens is 409 g/mol. The summed E-state index contributed by atoms with van der Waals surface area (Å²) in [5.41, 5.74) is 0. The molecule has 0 aromatic rings. The number of ether oxygens (including phenoxy) is 1. The number of rotatable bonds is 6. The van der Waals surface area contributed by atoms with Gasteiger partial charge in [-0.05, 0) is 45.4 Å². The third-order valence-corrected chi connectivity index (χ3v) is 4.20. The van der Waals surface area contributed by atoms with Gasteiger partial charge in [0.1, 0.15) is 6.10 Å². The van der Waals surface area contributed by atoms with E-state index in [1.54, 1.807) is 0 Å². The number of carbonyl (C=O) groups is 1. The highest BCUT2D eigenvalue weighted by molar-refractivity contribution is 14.0. The van der Waals surface area contributed by atoms with E-state index in [0.29, 0.717) is 25.9 Å². The quantitative estimate of drug-likeness (QED) is 0.218. The van der Waals surface area contributed by atoms with Gasteiger partial charge < -0.3 is 20.1 Å². The molecule has 1 saturated carbocycles. The Kier molecular flexibility index (Phi) is 9.85.